The van der Waals surface area contributed by atoms with E-state index in [2.05, 4.69) is 20.2 Å². The van der Waals surface area contributed by atoms with Crippen LogP contribution in [0.4, 0.5) is 17.2 Å². The molecule has 1 amide bonds. The molecule has 1 fully saturated rings. The number of piperazine rings is 1. The summed E-state index contributed by atoms with van der Waals surface area (Å²) < 4.78 is 5.45. The summed E-state index contributed by atoms with van der Waals surface area (Å²) in [5, 5.41) is 3.17. The zero-order chi connectivity index (χ0) is 20.1. The van der Waals surface area contributed by atoms with Crippen LogP contribution < -0.4 is 15.0 Å². The number of aromatic nitrogens is 2. The quantitative estimate of drug-likeness (QED) is 0.723. The van der Waals surface area contributed by atoms with Gasteiger partial charge in [-0.2, -0.15) is 0 Å². The second-order valence-corrected chi connectivity index (χ2v) is 6.73. The van der Waals surface area contributed by atoms with Gasteiger partial charge in [-0.15, -0.1) is 0 Å². The molecule has 7 nitrogen and oxygen atoms in total. The second-order valence-electron chi connectivity index (χ2n) is 6.73. The van der Waals surface area contributed by atoms with Crippen molar-refractivity contribution in [2.24, 2.45) is 0 Å². The van der Waals surface area contributed by atoms with E-state index < -0.39 is 0 Å². The van der Waals surface area contributed by atoms with Crippen molar-refractivity contribution in [3.63, 3.8) is 0 Å². The average molecular weight is 389 g/mol. The highest BCUT2D eigenvalue weighted by atomic mass is 16.5. The lowest BCUT2D eigenvalue weighted by atomic mass is 10.2. The number of anilines is 3. The number of ether oxygens (including phenoxy) is 1. The van der Waals surface area contributed by atoms with Gasteiger partial charge in [0.15, 0.2) is 0 Å². The molecule has 2 aromatic carbocycles. The molecule has 0 saturated carbocycles. The highest BCUT2D eigenvalue weighted by Crippen LogP contribution is 2.28. The summed E-state index contributed by atoms with van der Waals surface area (Å²) in [4.78, 5) is 25.5. The van der Waals surface area contributed by atoms with E-state index in [4.69, 9.17) is 4.74 Å². The normalized spacial score (nSPS) is 13.8. The molecule has 4 rings (SSSR count). The van der Waals surface area contributed by atoms with E-state index in [-0.39, 0.29) is 5.91 Å². The molecule has 0 bridgehead atoms. The first-order valence-corrected chi connectivity index (χ1v) is 9.56. The van der Waals surface area contributed by atoms with Crippen molar-refractivity contribution in [1.82, 2.24) is 14.9 Å². The van der Waals surface area contributed by atoms with Crippen molar-refractivity contribution in [3.05, 3.63) is 72.7 Å². The number of nitrogens with zero attached hydrogens (tertiary/aromatic N) is 4. The SMILES string of the molecule is COc1ccccc1N1CCN(C(=O)c2cnc(Nc3ccccc3)cn2)CC1. The molecule has 148 valence electrons. The molecule has 1 N–H and O–H groups in total. The van der Waals surface area contributed by atoms with Gasteiger partial charge in [0.1, 0.15) is 17.3 Å². The van der Waals surface area contributed by atoms with Gasteiger partial charge in [-0.05, 0) is 24.3 Å². The van der Waals surface area contributed by atoms with Gasteiger partial charge < -0.3 is 19.9 Å². The number of carbonyl (C=O) groups excluding carboxylic acids is 1. The molecule has 1 aromatic heterocycles. The van der Waals surface area contributed by atoms with Crippen LogP contribution in [0.15, 0.2) is 67.0 Å². The number of methoxy groups -OCH3 is 1. The third-order valence-corrected chi connectivity index (χ3v) is 4.91. The Hall–Kier alpha value is -3.61. The van der Waals surface area contributed by atoms with Crippen LogP contribution in [0, 0.1) is 0 Å². The van der Waals surface area contributed by atoms with E-state index in [0.29, 0.717) is 24.6 Å². The molecule has 0 spiro atoms. The molecule has 29 heavy (non-hydrogen) atoms. The molecular weight excluding hydrogens is 366 g/mol. The number of benzene rings is 2. The van der Waals surface area contributed by atoms with Gasteiger partial charge in [-0.25, -0.2) is 9.97 Å². The molecule has 1 aliphatic heterocycles. The van der Waals surface area contributed by atoms with Gasteiger partial charge in [0.2, 0.25) is 0 Å². The summed E-state index contributed by atoms with van der Waals surface area (Å²) in [6, 6.07) is 17.7. The van der Waals surface area contributed by atoms with E-state index in [1.807, 2.05) is 59.5 Å². The van der Waals surface area contributed by atoms with Crippen molar-refractivity contribution in [3.8, 4) is 5.75 Å². The average Bonchev–Trinajstić information content (AvgIpc) is 2.80. The zero-order valence-corrected chi connectivity index (χ0v) is 16.3. The van der Waals surface area contributed by atoms with Crippen LogP contribution in [-0.4, -0.2) is 54.1 Å². The Morgan fingerprint density at radius 1 is 0.931 bits per heavy atom. The van der Waals surface area contributed by atoms with Crippen LogP contribution in [0.25, 0.3) is 0 Å². The Morgan fingerprint density at radius 3 is 2.34 bits per heavy atom. The van der Waals surface area contributed by atoms with E-state index in [1.165, 1.54) is 6.20 Å². The topological polar surface area (TPSA) is 70.6 Å². The van der Waals surface area contributed by atoms with Gasteiger partial charge in [0, 0.05) is 31.9 Å². The van der Waals surface area contributed by atoms with Gasteiger partial charge in [0.05, 0.1) is 25.2 Å². The smallest absolute Gasteiger partial charge is 0.274 e. The van der Waals surface area contributed by atoms with Crippen LogP contribution in [-0.2, 0) is 0 Å². The van der Waals surface area contributed by atoms with E-state index in [9.17, 15) is 4.79 Å². The van der Waals surface area contributed by atoms with Crippen LogP contribution in [0.5, 0.6) is 5.75 Å². The number of hydrogen-bond acceptors (Lipinski definition) is 6. The van der Waals surface area contributed by atoms with Crippen LogP contribution in [0.1, 0.15) is 10.5 Å². The standard InChI is InChI=1S/C22H23N5O2/c1-29-20-10-6-5-9-19(20)26-11-13-27(14-12-26)22(28)18-15-24-21(16-23-18)25-17-7-3-2-4-8-17/h2-10,15-16H,11-14H2,1H3,(H,24,25). The number of carbonyl (C=O) groups is 1. The molecule has 0 atom stereocenters. The molecule has 0 aliphatic carbocycles. The highest BCUT2D eigenvalue weighted by molar-refractivity contribution is 5.92. The Labute approximate surface area is 170 Å². The minimum Gasteiger partial charge on any atom is -0.495 e. The number of nitrogens with one attached hydrogen (secondary N) is 1. The van der Waals surface area contributed by atoms with Crippen LogP contribution in [0.3, 0.4) is 0 Å². The molecular formula is C22H23N5O2. The third kappa shape index (κ3) is 4.29. The number of hydrogen-bond donors (Lipinski definition) is 1. The van der Waals surface area contributed by atoms with Gasteiger partial charge in [-0.3, -0.25) is 4.79 Å². The molecule has 7 heteroatoms. The molecule has 1 aliphatic rings. The van der Waals surface area contributed by atoms with E-state index in [0.717, 1.165) is 30.2 Å². The second kappa shape index (κ2) is 8.60. The number of para-hydroxylation sites is 3. The summed E-state index contributed by atoms with van der Waals surface area (Å²) in [5.41, 5.74) is 2.33. The maximum absolute atomic E-state index is 12.8. The number of amides is 1. The first kappa shape index (κ1) is 18.7. The number of rotatable bonds is 5. The maximum Gasteiger partial charge on any atom is 0.274 e. The molecule has 2 heterocycles. The largest absolute Gasteiger partial charge is 0.495 e. The predicted octanol–water partition coefficient (Wildman–Crippen LogP) is 3.19. The first-order valence-electron chi connectivity index (χ1n) is 9.56. The minimum atomic E-state index is -0.0940. The monoisotopic (exact) mass is 389 g/mol. The summed E-state index contributed by atoms with van der Waals surface area (Å²) in [5.74, 6) is 1.36. The first-order chi connectivity index (χ1) is 14.2. The van der Waals surface area contributed by atoms with Crippen molar-refractivity contribution in [2.75, 3.05) is 43.5 Å². The van der Waals surface area contributed by atoms with E-state index >= 15 is 0 Å². The van der Waals surface area contributed by atoms with Crippen molar-refractivity contribution >= 4 is 23.1 Å². The Bertz CT molecular complexity index is 954. The van der Waals surface area contributed by atoms with Crippen molar-refractivity contribution in [1.29, 1.82) is 0 Å². The highest BCUT2D eigenvalue weighted by Gasteiger charge is 2.24. The molecule has 1 saturated heterocycles. The fourth-order valence-corrected chi connectivity index (χ4v) is 3.38. The fourth-order valence-electron chi connectivity index (χ4n) is 3.38. The van der Waals surface area contributed by atoms with Crippen molar-refractivity contribution in [2.45, 2.75) is 0 Å². The lowest BCUT2D eigenvalue weighted by Gasteiger charge is -2.36. The molecule has 0 radical (unpaired) electrons. The van der Waals surface area contributed by atoms with Crippen molar-refractivity contribution < 1.29 is 9.53 Å². The Kier molecular flexibility index (Phi) is 5.56. The Morgan fingerprint density at radius 2 is 1.66 bits per heavy atom. The summed E-state index contributed by atoms with van der Waals surface area (Å²) in [6.45, 7) is 2.74. The molecule has 0 unspecified atom stereocenters. The lowest BCUT2D eigenvalue weighted by Crippen LogP contribution is -2.49. The molecule has 3 aromatic rings. The third-order valence-electron chi connectivity index (χ3n) is 4.91. The Balaban J connectivity index is 1.37. The fraction of sp³-hybridized carbons (Fsp3) is 0.227. The summed E-state index contributed by atoms with van der Waals surface area (Å²) in [7, 11) is 1.67. The van der Waals surface area contributed by atoms with Crippen LogP contribution >= 0.6 is 0 Å². The van der Waals surface area contributed by atoms with Crippen LogP contribution in [0.2, 0.25) is 0 Å². The maximum atomic E-state index is 12.8. The van der Waals surface area contributed by atoms with E-state index in [1.54, 1.807) is 13.3 Å². The van der Waals surface area contributed by atoms with Gasteiger partial charge in [-0.1, -0.05) is 30.3 Å². The lowest BCUT2D eigenvalue weighted by molar-refractivity contribution is 0.0740. The summed E-state index contributed by atoms with van der Waals surface area (Å²) in [6.07, 6.45) is 3.12. The van der Waals surface area contributed by atoms with Gasteiger partial charge in [0.25, 0.3) is 5.91 Å². The van der Waals surface area contributed by atoms with Gasteiger partial charge >= 0.3 is 0 Å². The zero-order valence-electron chi connectivity index (χ0n) is 16.3. The predicted molar refractivity (Wildman–Crippen MR) is 113 cm³/mol. The summed E-state index contributed by atoms with van der Waals surface area (Å²) >= 11 is 0. The minimum absolute atomic E-state index is 0.0940.